The van der Waals surface area contributed by atoms with Gasteiger partial charge in [-0.15, -0.1) is 0 Å². The van der Waals surface area contributed by atoms with Crippen LogP contribution in [0.2, 0.25) is 0 Å². The van der Waals surface area contributed by atoms with Crippen LogP contribution >= 0.6 is 30.1 Å². The number of hydrogen-bond acceptors (Lipinski definition) is 16. The number of nitrogens with zero attached hydrogens (tertiary/aromatic N) is 2. The van der Waals surface area contributed by atoms with E-state index in [1.54, 1.807) is 50.0 Å². The van der Waals surface area contributed by atoms with Crippen molar-refractivity contribution in [2.45, 2.75) is 82.1 Å². The van der Waals surface area contributed by atoms with Gasteiger partial charge < -0.3 is 51.7 Å². The van der Waals surface area contributed by atoms with Gasteiger partial charge in [-0.05, 0) is 68.7 Å². The van der Waals surface area contributed by atoms with Crippen molar-refractivity contribution in [2.24, 2.45) is 0 Å². The predicted octanol–water partition coefficient (Wildman–Crippen LogP) is 7.05. The summed E-state index contributed by atoms with van der Waals surface area (Å²) in [6.07, 6.45) is -2.75. The molecule has 2 saturated heterocycles. The highest BCUT2D eigenvalue weighted by Gasteiger charge is 2.52. The Morgan fingerprint density at radius 1 is 0.716 bits per heavy atom. The van der Waals surface area contributed by atoms with Gasteiger partial charge in [-0.2, -0.15) is 0 Å². The molecule has 3 aromatic carbocycles. The van der Waals surface area contributed by atoms with Crippen LogP contribution in [0.3, 0.4) is 0 Å². The lowest BCUT2D eigenvalue weighted by Crippen LogP contribution is -2.45. The van der Waals surface area contributed by atoms with E-state index < -0.39 is 49.9 Å². The predicted molar refractivity (Wildman–Crippen MR) is 261 cm³/mol. The highest BCUT2D eigenvalue weighted by Crippen LogP contribution is 2.53. The molecule has 2 aliphatic rings. The second-order valence-electron chi connectivity index (χ2n) is 16.3. The molecule has 368 valence electrons. The van der Waals surface area contributed by atoms with Gasteiger partial charge in [-0.25, -0.2) is 9.46 Å². The average molecular weight is 988 g/mol. The van der Waals surface area contributed by atoms with Crippen molar-refractivity contribution < 1.29 is 51.7 Å². The topological polar surface area (TPSA) is 160 Å². The van der Waals surface area contributed by atoms with E-state index in [1.165, 1.54) is 16.8 Å². The maximum Gasteiger partial charge on any atom is 0.330 e. The van der Waals surface area contributed by atoms with Crippen LogP contribution < -0.4 is 20.7 Å². The Labute approximate surface area is 402 Å². The number of nitrogens with one attached hydrogen (secondary N) is 1. The molecule has 0 amide bonds. The molecule has 4 aromatic rings. The average Bonchev–Trinajstić information content (AvgIpc) is 3.68. The van der Waals surface area contributed by atoms with Gasteiger partial charge in [-0.1, -0.05) is 76.2 Å². The molecule has 0 bridgehead atoms. The van der Waals surface area contributed by atoms with Crippen molar-refractivity contribution in [3.05, 3.63) is 129 Å². The summed E-state index contributed by atoms with van der Waals surface area (Å²) in [5.41, 5.74) is 0.120. The number of methoxy groups -OCH3 is 4. The smallest absolute Gasteiger partial charge is 0.330 e. The van der Waals surface area contributed by atoms with Crippen molar-refractivity contribution in [1.82, 2.24) is 14.2 Å². The fourth-order valence-corrected chi connectivity index (χ4v) is 12.6. The molecular weight excluding hydrogens is 922 g/mol. The van der Waals surface area contributed by atoms with Crippen LogP contribution in [0.15, 0.2) is 101 Å². The van der Waals surface area contributed by atoms with Gasteiger partial charge in [0, 0.05) is 50.1 Å². The van der Waals surface area contributed by atoms with Gasteiger partial charge in [0.1, 0.15) is 41.5 Å². The van der Waals surface area contributed by atoms with Crippen LogP contribution in [-0.4, -0.2) is 143 Å². The Bertz CT molecular complexity index is 2110. The zero-order valence-electron chi connectivity index (χ0n) is 39.6. The van der Waals surface area contributed by atoms with E-state index in [0.29, 0.717) is 62.6 Å². The van der Waals surface area contributed by atoms with Gasteiger partial charge in [-0.3, -0.25) is 14.3 Å². The fraction of sp³-hybridized carbons (Fsp3) is 0.542. The zero-order chi connectivity index (χ0) is 47.8. The van der Waals surface area contributed by atoms with Crippen molar-refractivity contribution in [3.63, 3.8) is 0 Å². The maximum absolute atomic E-state index is 13.5. The molecule has 19 heteroatoms. The largest absolute Gasteiger partial charge is 0.497 e. The minimum atomic E-state index is -1.85. The first-order chi connectivity index (χ1) is 32.5. The van der Waals surface area contributed by atoms with Crippen LogP contribution in [0.25, 0.3) is 0 Å². The third-order valence-corrected chi connectivity index (χ3v) is 15.9. The standard InChI is InChI=1S/C48H66N3O13PS2/c1-33(2)51(34(3)4)65(63-42-32-67-66-31-41(42)60-29-28-59-27-26-58-25-24-54-5)64-44-40(62-46(45(44)57-8)50-23-22-43(52)49-47(50)53)30-61-48(35-12-10-9-11-13-35,36-14-18-38(55-6)19-15-36)37-16-20-39(56-7)21-17-37/h9-23,33-34,40-42,44-46H,24-32H2,1-8H3,(H,49,52,53)/t40?,41-,42-,44-,45-,46?,65?/m1/s1. The summed E-state index contributed by atoms with van der Waals surface area (Å²) < 4.78 is 72.5. The Balaban J connectivity index is 1.36. The number of ether oxygens (including phenoxy) is 9. The summed E-state index contributed by atoms with van der Waals surface area (Å²) >= 11 is 0. The van der Waals surface area contributed by atoms with E-state index >= 15 is 0 Å². The molecular formula is C48H66N3O13PS2. The number of aromatic nitrogens is 2. The molecule has 0 radical (unpaired) electrons. The molecule has 0 saturated carbocycles. The molecule has 0 aliphatic carbocycles. The van der Waals surface area contributed by atoms with Crippen molar-refractivity contribution in [1.29, 1.82) is 0 Å². The monoisotopic (exact) mass is 987 g/mol. The van der Waals surface area contributed by atoms with E-state index in [9.17, 15) is 9.59 Å². The van der Waals surface area contributed by atoms with Crippen LogP contribution in [0.1, 0.15) is 50.6 Å². The van der Waals surface area contributed by atoms with Crippen LogP contribution in [0, 0.1) is 0 Å². The summed E-state index contributed by atoms with van der Waals surface area (Å²) in [7, 11) is 8.08. The lowest BCUT2D eigenvalue weighted by molar-refractivity contribution is -0.0963. The van der Waals surface area contributed by atoms with Crippen molar-refractivity contribution >= 4 is 30.1 Å². The third-order valence-electron chi connectivity index (χ3n) is 11.3. The van der Waals surface area contributed by atoms with Crippen molar-refractivity contribution in [2.75, 3.05) is 86.2 Å². The van der Waals surface area contributed by atoms with E-state index in [4.69, 9.17) is 51.7 Å². The Morgan fingerprint density at radius 3 is 1.84 bits per heavy atom. The van der Waals surface area contributed by atoms with E-state index in [2.05, 4.69) is 37.3 Å². The summed E-state index contributed by atoms with van der Waals surface area (Å²) in [4.78, 5) is 28.2. The Morgan fingerprint density at radius 2 is 1.28 bits per heavy atom. The minimum Gasteiger partial charge on any atom is -0.497 e. The van der Waals surface area contributed by atoms with Gasteiger partial charge in [0.25, 0.3) is 14.1 Å². The normalized spacial score (nSPS) is 21.6. The summed E-state index contributed by atoms with van der Waals surface area (Å²) in [5.74, 6) is 2.75. The number of aromatic amines is 1. The molecule has 6 rings (SSSR count). The molecule has 16 nitrogen and oxygen atoms in total. The number of rotatable bonds is 27. The second kappa shape index (κ2) is 26.6. The summed E-state index contributed by atoms with van der Waals surface area (Å²) in [6.45, 7) is 11.2. The summed E-state index contributed by atoms with van der Waals surface area (Å²) in [6, 6.07) is 26.8. The molecule has 3 unspecified atom stereocenters. The molecule has 1 N–H and O–H groups in total. The lowest BCUT2D eigenvalue weighted by Gasteiger charge is -2.42. The van der Waals surface area contributed by atoms with Gasteiger partial charge in [0.05, 0.1) is 66.6 Å². The van der Waals surface area contributed by atoms with Gasteiger partial charge in [0.15, 0.2) is 6.23 Å². The highest BCUT2D eigenvalue weighted by atomic mass is 33.1. The van der Waals surface area contributed by atoms with E-state index in [-0.39, 0.29) is 30.9 Å². The molecule has 3 heterocycles. The first kappa shape index (κ1) is 53.0. The van der Waals surface area contributed by atoms with Gasteiger partial charge in [0.2, 0.25) is 0 Å². The molecule has 2 fully saturated rings. The van der Waals surface area contributed by atoms with E-state index in [1.807, 2.05) is 78.9 Å². The Hall–Kier alpha value is -3.33. The molecule has 1 aromatic heterocycles. The fourth-order valence-electron chi connectivity index (χ4n) is 8.10. The molecule has 67 heavy (non-hydrogen) atoms. The number of H-pyrrole nitrogens is 1. The maximum atomic E-state index is 13.5. The highest BCUT2D eigenvalue weighted by molar-refractivity contribution is 8.76. The van der Waals surface area contributed by atoms with Crippen LogP contribution in [-0.2, 0) is 47.8 Å². The first-order valence-corrected chi connectivity index (χ1v) is 26.1. The molecule has 7 atom stereocenters. The molecule has 0 spiro atoms. The number of benzene rings is 3. The van der Waals surface area contributed by atoms with Crippen LogP contribution in [0.4, 0.5) is 0 Å². The SMILES string of the molecule is COCCOCCOCCO[C@@H]1CSSC[C@H]1OP(O[C@@H]1C(COC(c2ccccc2)(c2ccc(OC)cc2)c2ccc(OC)cc2)OC(n2ccc(=O)[nH]c2=O)[C@@H]1OC)N(C(C)C)C(C)C. The second-order valence-corrected chi connectivity index (χ2v) is 20.2. The minimum absolute atomic E-state index is 0.00196. The zero-order valence-corrected chi connectivity index (χ0v) is 42.1. The van der Waals surface area contributed by atoms with Crippen LogP contribution in [0.5, 0.6) is 11.5 Å². The first-order valence-electron chi connectivity index (χ1n) is 22.4. The lowest BCUT2D eigenvalue weighted by atomic mass is 9.80. The Kier molecular flexibility index (Phi) is 21.0. The molecule has 2 aliphatic heterocycles. The quantitative estimate of drug-likeness (QED) is 0.0280. The summed E-state index contributed by atoms with van der Waals surface area (Å²) in [5, 5.41) is 0. The third kappa shape index (κ3) is 13.7. The number of hydrogen-bond donors (Lipinski definition) is 1. The van der Waals surface area contributed by atoms with Gasteiger partial charge >= 0.3 is 5.69 Å². The van der Waals surface area contributed by atoms with E-state index in [0.717, 1.165) is 16.7 Å². The van der Waals surface area contributed by atoms with Crippen molar-refractivity contribution in [3.8, 4) is 11.5 Å².